The highest BCUT2D eigenvalue weighted by atomic mass is 19.1. The molecule has 0 aromatic heterocycles. The average molecular weight is 349 g/mol. The Morgan fingerprint density at radius 3 is 2.35 bits per heavy atom. The molecule has 0 bridgehead atoms. The zero-order chi connectivity index (χ0) is 18.5. The molecule has 1 amide bonds. The summed E-state index contributed by atoms with van der Waals surface area (Å²) in [7, 11) is 1.39. The van der Waals surface area contributed by atoms with E-state index < -0.39 is 5.82 Å². The van der Waals surface area contributed by atoms with Gasteiger partial charge in [0.05, 0.1) is 13.2 Å². The van der Waals surface area contributed by atoms with Gasteiger partial charge in [-0.1, -0.05) is 60.2 Å². The molecule has 1 N–H and O–H groups in total. The quantitative estimate of drug-likeness (QED) is 0.727. The van der Waals surface area contributed by atoms with Gasteiger partial charge in [0.25, 0.3) is 5.91 Å². The molecule has 3 rings (SSSR count). The molecule has 26 heavy (non-hydrogen) atoms. The third-order valence-electron chi connectivity index (χ3n) is 4.20. The van der Waals surface area contributed by atoms with Crippen LogP contribution < -0.4 is 10.1 Å². The second kappa shape index (κ2) is 7.83. The molecule has 1 atom stereocenters. The van der Waals surface area contributed by atoms with Crippen molar-refractivity contribution in [2.75, 3.05) is 7.11 Å². The summed E-state index contributed by atoms with van der Waals surface area (Å²) in [6.07, 6.45) is 0. The molecular weight excluding hydrogens is 329 g/mol. The Morgan fingerprint density at radius 1 is 0.962 bits per heavy atom. The van der Waals surface area contributed by atoms with Crippen LogP contribution in [0.2, 0.25) is 0 Å². The van der Waals surface area contributed by atoms with Crippen LogP contribution in [-0.4, -0.2) is 13.0 Å². The maximum Gasteiger partial charge on any atom is 0.252 e. The number of aryl methyl sites for hydroxylation is 1. The van der Waals surface area contributed by atoms with Crippen LogP contribution in [0.3, 0.4) is 0 Å². The van der Waals surface area contributed by atoms with Crippen LogP contribution in [0, 0.1) is 12.7 Å². The van der Waals surface area contributed by atoms with E-state index in [-0.39, 0.29) is 23.3 Å². The molecular formula is C22H20FNO2. The van der Waals surface area contributed by atoms with Crippen molar-refractivity contribution in [3.05, 3.63) is 101 Å². The van der Waals surface area contributed by atoms with E-state index in [1.807, 2.05) is 61.5 Å². The van der Waals surface area contributed by atoms with Crippen LogP contribution in [0.1, 0.15) is 33.1 Å². The molecule has 0 saturated heterocycles. The van der Waals surface area contributed by atoms with Gasteiger partial charge in [-0.05, 0) is 36.2 Å². The minimum absolute atomic E-state index is 0.111. The molecule has 3 aromatic carbocycles. The number of nitrogens with one attached hydrogen (secondary N) is 1. The minimum atomic E-state index is -0.563. The van der Waals surface area contributed by atoms with E-state index in [0.717, 1.165) is 16.7 Å². The first-order valence-corrected chi connectivity index (χ1v) is 8.34. The lowest BCUT2D eigenvalue weighted by Gasteiger charge is -2.20. The zero-order valence-electron chi connectivity index (χ0n) is 14.7. The number of hydrogen-bond acceptors (Lipinski definition) is 2. The Labute approximate surface area is 152 Å². The SMILES string of the molecule is COc1ccc(C(=O)NC(c2ccccc2)c2cccc(C)c2)cc1F. The monoisotopic (exact) mass is 349 g/mol. The van der Waals surface area contributed by atoms with E-state index >= 15 is 0 Å². The molecule has 0 aliphatic heterocycles. The van der Waals surface area contributed by atoms with Gasteiger partial charge < -0.3 is 10.1 Å². The summed E-state index contributed by atoms with van der Waals surface area (Å²) in [4.78, 5) is 12.7. The average Bonchev–Trinajstić information content (AvgIpc) is 2.66. The highest BCUT2D eigenvalue weighted by Crippen LogP contribution is 2.24. The standard InChI is InChI=1S/C22H20FNO2/c1-15-7-6-10-17(13-15)21(16-8-4-3-5-9-16)24-22(25)18-11-12-20(26-2)19(23)14-18/h3-14,21H,1-2H3,(H,24,25). The fourth-order valence-corrected chi connectivity index (χ4v) is 2.88. The van der Waals surface area contributed by atoms with E-state index in [4.69, 9.17) is 4.74 Å². The fourth-order valence-electron chi connectivity index (χ4n) is 2.88. The number of hydrogen-bond donors (Lipinski definition) is 1. The van der Waals surface area contributed by atoms with Gasteiger partial charge >= 0.3 is 0 Å². The molecule has 4 heteroatoms. The van der Waals surface area contributed by atoms with Crippen LogP contribution in [0.4, 0.5) is 4.39 Å². The molecule has 1 unspecified atom stereocenters. The molecule has 3 nitrogen and oxygen atoms in total. The second-order valence-corrected chi connectivity index (χ2v) is 6.08. The largest absolute Gasteiger partial charge is 0.494 e. The first-order valence-electron chi connectivity index (χ1n) is 8.34. The van der Waals surface area contributed by atoms with Crippen molar-refractivity contribution in [2.45, 2.75) is 13.0 Å². The summed E-state index contributed by atoms with van der Waals surface area (Å²) in [6, 6.07) is 21.5. The maximum absolute atomic E-state index is 13.9. The third-order valence-corrected chi connectivity index (χ3v) is 4.20. The number of halogens is 1. The number of amides is 1. The molecule has 0 saturated carbocycles. The van der Waals surface area contributed by atoms with Crippen LogP contribution in [0.15, 0.2) is 72.8 Å². The van der Waals surface area contributed by atoms with E-state index in [0.29, 0.717) is 0 Å². The van der Waals surface area contributed by atoms with Crippen molar-refractivity contribution < 1.29 is 13.9 Å². The Balaban J connectivity index is 1.93. The van der Waals surface area contributed by atoms with Crippen molar-refractivity contribution in [1.82, 2.24) is 5.32 Å². The predicted molar refractivity (Wildman–Crippen MR) is 99.9 cm³/mol. The lowest BCUT2D eigenvalue weighted by molar-refractivity contribution is 0.0942. The number of rotatable bonds is 5. The number of methoxy groups -OCH3 is 1. The molecule has 132 valence electrons. The van der Waals surface area contributed by atoms with E-state index in [1.54, 1.807) is 6.07 Å². The third kappa shape index (κ3) is 3.91. The van der Waals surface area contributed by atoms with Crippen molar-refractivity contribution >= 4 is 5.91 Å². The summed E-state index contributed by atoms with van der Waals surface area (Å²) in [5.74, 6) is -0.797. The Morgan fingerprint density at radius 2 is 1.69 bits per heavy atom. The van der Waals surface area contributed by atoms with Crippen molar-refractivity contribution in [2.24, 2.45) is 0 Å². The van der Waals surface area contributed by atoms with Gasteiger partial charge in [-0.15, -0.1) is 0 Å². The Kier molecular flexibility index (Phi) is 5.32. The lowest BCUT2D eigenvalue weighted by Crippen LogP contribution is -2.29. The molecule has 0 radical (unpaired) electrons. The molecule has 3 aromatic rings. The normalized spacial score (nSPS) is 11.7. The van der Waals surface area contributed by atoms with Crippen LogP contribution in [0.25, 0.3) is 0 Å². The fraction of sp³-hybridized carbons (Fsp3) is 0.136. The highest BCUT2D eigenvalue weighted by Gasteiger charge is 2.19. The Hall–Kier alpha value is -3.14. The molecule has 0 aliphatic carbocycles. The zero-order valence-corrected chi connectivity index (χ0v) is 14.7. The summed E-state index contributed by atoms with van der Waals surface area (Å²) in [6.45, 7) is 2.01. The van der Waals surface area contributed by atoms with Crippen LogP contribution >= 0.6 is 0 Å². The van der Waals surface area contributed by atoms with Crippen molar-refractivity contribution in [3.8, 4) is 5.75 Å². The van der Waals surface area contributed by atoms with Crippen molar-refractivity contribution in [1.29, 1.82) is 0 Å². The highest BCUT2D eigenvalue weighted by molar-refractivity contribution is 5.94. The smallest absolute Gasteiger partial charge is 0.252 e. The summed E-state index contributed by atoms with van der Waals surface area (Å²) in [5, 5.41) is 3.01. The first-order chi connectivity index (χ1) is 12.6. The van der Waals surface area contributed by atoms with Gasteiger partial charge in [-0.3, -0.25) is 4.79 Å². The molecule has 0 heterocycles. The number of carbonyl (C=O) groups is 1. The van der Waals surface area contributed by atoms with Gasteiger partial charge in [0.2, 0.25) is 0 Å². The number of carbonyl (C=O) groups excluding carboxylic acids is 1. The molecule has 0 fully saturated rings. The van der Waals surface area contributed by atoms with Gasteiger partial charge in [-0.25, -0.2) is 4.39 Å². The maximum atomic E-state index is 13.9. The van der Waals surface area contributed by atoms with Gasteiger partial charge in [0, 0.05) is 5.56 Å². The number of benzene rings is 3. The van der Waals surface area contributed by atoms with E-state index in [2.05, 4.69) is 5.32 Å². The summed E-state index contributed by atoms with van der Waals surface area (Å²) < 4.78 is 18.8. The topological polar surface area (TPSA) is 38.3 Å². The summed E-state index contributed by atoms with van der Waals surface area (Å²) >= 11 is 0. The van der Waals surface area contributed by atoms with Crippen LogP contribution in [0.5, 0.6) is 5.75 Å². The minimum Gasteiger partial charge on any atom is -0.494 e. The molecule has 0 aliphatic rings. The Bertz CT molecular complexity index is 909. The van der Waals surface area contributed by atoms with Gasteiger partial charge in [0.1, 0.15) is 0 Å². The van der Waals surface area contributed by atoms with Crippen molar-refractivity contribution in [3.63, 3.8) is 0 Å². The van der Waals surface area contributed by atoms with E-state index in [9.17, 15) is 9.18 Å². The number of ether oxygens (including phenoxy) is 1. The summed E-state index contributed by atoms with van der Waals surface area (Å²) in [5.41, 5.74) is 3.28. The predicted octanol–water partition coefficient (Wildman–Crippen LogP) is 4.66. The van der Waals surface area contributed by atoms with Crippen LogP contribution in [-0.2, 0) is 0 Å². The second-order valence-electron chi connectivity index (χ2n) is 6.08. The van der Waals surface area contributed by atoms with Gasteiger partial charge in [0.15, 0.2) is 11.6 Å². The first kappa shape index (κ1) is 17.7. The van der Waals surface area contributed by atoms with E-state index in [1.165, 1.54) is 19.2 Å². The van der Waals surface area contributed by atoms with Gasteiger partial charge in [-0.2, -0.15) is 0 Å². The molecule has 0 spiro atoms. The lowest BCUT2D eigenvalue weighted by atomic mass is 9.97.